The second-order valence-corrected chi connectivity index (χ2v) is 4.06. The highest BCUT2D eigenvalue weighted by Crippen LogP contribution is 2.25. The third kappa shape index (κ3) is 1.94. The van der Waals surface area contributed by atoms with Crippen molar-refractivity contribution in [3.63, 3.8) is 0 Å². The standard InChI is InChI=1S/C11H8F3N5/c12-11(13,14)5-8-17-18-10-16-9(15)6-3-1-2-4-7(6)19(8)10/h1-4H,5H2,(H2,15,16,18). The number of benzene rings is 1. The predicted molar refractivity (Wildman–Crippen MR) is 62.5 cm³/mol. The van der Waals surface area contributed by atoms with Crippen molar-refractivity contribution in [2.75, 3.05) is 5.73 Å². The Morgan fingerprint density at radius 1 is 1.16 bits per heavy atom. The summed E-state index contributed by atoms with van der Waals surface area (Å²) in [6.45, 7) is 0. The summed E-state index contributed by atoms with van der Waals surface area (Å²) in [6.07, 6.45) is -5.52. The first-order chi connectivity index (χ1) is 8.96. The number of fused-ring (bicyclic) bond motifs is 3. The molecule has 98 valence electrons. The van der Waals surface area contributed by atoms with E-state index in [4.69, 9.17) is 5.73 Å². The molecule has 0 unspecified atom stereocenters. The fraction of sp³-hybridized carbons (Fsp3) is 0.182. The molecule has 5 nitrogen and oxygen atoms in total. The summed E-state index contributed by atoms with van der Waals surface area (Å²) in [5.74, 6) is 0.0794. The molecule has 3 aromatic rings. The fourth-order valence-corrected chi connectivity index (χ4v) is 1.97. The molecule has 8 heteroatoms. The van der Waals surface area contributed by atoms with Crippen LogP contribution < -0.4 is 5.73 Å². The van der Waals surface area contributed by atoms with Gasteiger partial charge in [0.1, 0.15) is 18.1 Å². The van der Waals surface area contributed by atoms with E-state index in [1.807, 2.05) is 0 Å². The zero-order chi connectivity index (χ0) is 13.6. The van der Waals surface area contributed by atoms with Crippen LogP contribution in [0.1, 0.15) is 5.82 Å². The summed E-state index contributed by atoms with van der Waals surface area (Å²) >= 11 is 0. The lowest BCUT2D eigenvalue weighted by Crippen LogP contribution is -2.14. The molecule has 2 aromatic heterocycles. The van der Waals surface area contributed by atoms with E-state index in [2.05, 4.69) is 15.2 Å². The van der Waals surface area contributed by atoms with Crippen molar-refractivity contribution >= 4 is 22.5 Å². The molecule has 0 radical (unpaired) electrons. The molecule has 0 amide bonds. The highest BCUT2D eigenvalue weighted by atomic mass is 19.4. The number of anilines is 1. The molecule has 0 atom stereocenters. The first-order valence-corrected chi connectivity index (χ1v) is 5.41. The Labute approximate surface area is 104 Å². The van der Waals surface area contributed by atoms with Gasteiger partial charge >= 0.3 is 6.18 Å². The fourth-order valence-electron chi connectivity index (χ4n) is 1.97. The molecular weight excluding hydrogens is 259 g/mol. The van der Waals surface area contributed by atoms with Gasteiger partial charge in [0.25, 0.3) is 5.78 Å². The van der Waals surface area contributed by atoms with Crippen molar-refractivity contribution < 1.29 is 13.2 Å². The van der Waals surface area contributed by atoms with Crippen LogP contribution in [0.3, 0.4) is 0 Å². The molecule has 19 heavy (non-hydrogen) atoms. The Balaban J connectivity index is 2.35. The topological polar surface area (TPSA) is 69.1 Å². The van der Waals surface area contributed by atoms with Gasteiger partial charge in [-0.05, 0) is 12.1 Å². The summed E-state index contributed by atoms with van der Waals surface area (Å²) in [7, 11) is 0. The van der Waals surface area contributed by atoms with Crippen LogP contribution >= 0.6 is 0 Å². The minimum absolute atomic E-state index is 0.0652. The Morgan fingerprint density at radius 2 is 1.89 bits per heavy atom. The molecule has 0 spiro atoms. The second kappa shape index (κ2) is 3.81. The van der Waals surface area contributed by atoms with Crippen LogP contribution in [-0.4, -0.2) is 25.8 Å². The summed E-state index contributed by atoms with van der Waals surface area (Å²) in [5.41, 5.74) is 6.25. The van der Waals surface area contributed by atoms with E-state index < -0.39 is 12.6 Å². The highest BCUT2D eigenvalue weighted by Gasteiger charge is 2.31. The normalized spacial score (nSPS) is 12.4. The zero-order valence-corrected chi connectivity index (χ0v) is 9.52. The van der Waals surface area contributed by atoms with Crippen LogP contribution in [0.25, 0.3) is 16.7 Å². The van der Waals surface area contributed by atoms with Crippen molar-refractivity contribution in [3.8, 4) is 0 Å². The maximum Gasteiger partial charge on any atom is 0.396 e. The van der Waals surface area contributed by atoms with E-state index in [-0.39, 0.29) is 17.4 Å². The van der Waals surface area contributed by atoms with Crippen LogP contribution in [0.4, 0.5) is 19.0 Å². The molecule has 0 aliphatic rings. The number of hydrogen-bond acceptors (Lipinski definition) is 4. The monoisotopic (exact) mass is 267 g/mol. The summed E-state index contributed by atoms with van der Waals surface area (Å²) in [5, 5.41) is 7.75. The van der Waals surface area contributed by atoms with E-state index >= 15 is 0 Å². The molecule has 0 aliphatic heterocycles. The Kier molecular flexibility index (Phi) is 2.34. The summed E-state index contributed by atoms with van der Waals surface area (Å²) in [4.78, 5) is 3.95. The predicted octanol–water partition coefficient (Wildman–Crippen LogP) is 1.96. The van der Waals surface area contributed by atoms with E-state index in [1.165, 1.54) is 4.40 Å². The smallest absolute Gasteiger partial charge is 0.383 e. The van der Waals surface area contributed by atoms with Gasteiger partial charge < -0.3 is 5.73 Å². The second-order valence-electron chi connectivity index (χ2n) is 4.06. The molecule has 0 aliphatic carbocycles. The largest absolute Gasteiger partial charge is 0.396 e. The van der Waals surface area contributed by atoms with E-state index in [0.29, 0.717) is 10.9 Å². The minimum atomic E-state index is -4.36. The molecule has 2 N–H and O–H groups in total. The van der Waals surface area contributed by atoms with Gasteiger partial charge in [-0.1, -0.05) is 12.1 Å². The lowest BCUT2D eigenvalue weighted by Gasteiger charge is -2.07. The third-order valence-corrected chi connectivity index (χ3v) is 2.71. The van der Waals surface area contributed by atoms with Gasteiger partial charge in [0, 0.05) is 5.39 Å². The molecule has 1 aromatic carbocycles. The van der Waals surface area contributed by atoms with Crippen molar-refractivity contribution in [3.05, 3.63) is 30.1 Å². The molecule has 0 saturated carbocycles. The van der Waals surface area contributed by atoms with Crippen molar-refractivity contribution in [1.29, 1.82) is 0 Å². The van der Waals surface area contributed by atoms with Gasteiger partial charge in [-0.15, -0.1) is 10.2 Å². The van der Waals surface area contributed by atoms with E-state index in [1.54, 1.807) is 24.3 Å². The number of rotatable bonds is 1. The maximum absolute atomic E-state index is 12.5. The van der Waals surface area contributed by atoms with Crippen molar-refractivity contribution in [2.45, 2.75) is 12.6 Å². The van der Waals surface area contributed by atoms with Crippen LogP contribution in [-0.2, 0) is 6.42 Å². The molecule has 2 heterocycles. The number of alkyl halides is 3. The third-order valence-electron chi connectivity index (χ3n) is 2.71. The van der Waals surface area contributed by atoms with Gasteiger partial charge in [-0.25, -0.2) is 0 Å². The van der Waals surface area contributed by atoms with E-state index in [0.717, 1.165) is 0 Å². The molecule has 0 bridgehead atoms. The van der Waals surface area contributed by atoms with Crippen LogP contribution in [0.15, 0.2) is 24.3 Å². The Hall–Kier alpha value is -2.38. The number of aromatic nitrogens is 4. The van der Waals surface area contributed by atoms with Crippen LogP contribution in [0.2, 0.25) is 0 Å². The van der Waals surface area contributed by atoms with Crippen LogP contribution in [0, 0.1) is 0 Å². The maximum atomic E-state index is 12.5. The number of para-hydroxylation sites is 1. The van der Waals surface area contributed by atoms with Gasteiger partial charge in [-0.2, -0.15) is 18.2 Å². The molecule has 0 saturated heterocycles. The molecule has 3 rings (SSSR count). The Morgan fingerprint density at radius 3 is 2.63 bits per heavy atom. The van der Waals surface area contributed by atoms with Gasteiger partial charge in [-0.3, -0.25) is 4.40 Å². The quantitative estimate of drug-likeness (QED) is 0.731. The van der Waals surface area contributed by atoms with E-state index in [9.17, 15) is 13.2 Å². The van der Waals surface area contributed by atoms with Gasteiger partial charge in [0.15, 0.2) is 0 Å². The van der Waals surface area contributed by atoms with Gasteiger partial charge in [0.05, 0.1) is 5.52 Å². The van der Waals surface area contributed by atoms with Crippen molar-refractivity contribution in [1.82, 2.24) is 19.6 Å². The number of hydrogen-bond donors (Lipinski definition) is 1. The van der Waals surface area contributed by atoms with Gasteiger partial charge in [0.2, 0.25) is 0 Å². The molecule has 0 fully saturated rings. The summed E-state index contributed by atoms with van der Waals surface area (Å²) < 4.78 is 38.8. The number of nitrogen functional groups attached to an aromatic ring is 1. The number of nitrogens with zero attached hydrogens (tertiary/aromatic N) is 4. The number of halogens is 3. The highest BCUT2D eigenvalue weighted by molar-refractivity contribution is 5.90. The molecular formula is C11H8F3N5. The minimum Gasteiger partial charge on any atom is -0.383 e. The average Bonchev–Trinajstić information content (AvgIpc) is 2.70. The lowest BCUT2D eigenvalue weighted by atomic mass is 10.2. The average molecular weight is 267 g/mol. The summed E-state index contributed by atoms with van der Waals surface area (Å²) in [6, 6.07) is 6.79. The SMILES string of the molecule is Nc1nc2nnc(CC(F)(F)F)n2c2ccccc12. The zero-order valence-electron chi connectivity index (χ0n) is 9.52. The lowest BCUT2D eigenvalue weighted by molar-refractivity contribution is -0.128. The van der Waals surface area contributed by atoms with Crippen molar-refractivity contribution in [2.24, 2.45) is 0 Å². The first kappa shape index (κ1) is 11.7. The number of nitrogens with two attached hydrogens (primary N) is 1. The van der Waals surface area contributed by atoms with Crippen LogP contribution in [0.5, 0.6) is 0 Å². The Bertz CT molecular complexity index is 762. The first-order valence-electron chi connectivity index (χ1n) is 5.41.